The van der Waals surface area contributed by atoms with Gasteiger partial charge in [-0.2, -0.15) is 0 Å². The van der Waals surface area contributed by atoms with Gasteiger partial charge in [0.2, 0.25) is 5.91 Å². The number of hydrogen-bond donors (Lipinski definition) is 2. The van der Waals surface area contributed by atoms with E-state index in [9.17, 15) is 14.7 Å². The van der Waals surface area contributed by atoms with Gasteiger partial charge in [-0.15, -0.1) is 0 Å². The molecule has 0 fully saturated rings. The molecule has 5 nitrogen and oxygen atoms in total. The largest absolute Gasteiger partial charge is 0.480 e. The van der Waals surface area contributed by atoms with Gasteiger partial charge < -0.3 is 10.4 Å². The van der Waals surface area contributed by atoms with E-state index in [1.54, 1.807) is 12.1 Å². The van der Waals surface area contributed by atoms with E-state index in [1.165, 1.54) is 6.20 Å². The lowest BCUT2D eigenvalue weighted by Gasteiger charge is -2.15. The zero-order chi connectivity index (χ0) is 18.5. The Morgan fingerprint density at radius 3 is 2.46 bits per heavy atom. The number of carboxylic acid groups (broad SMARTS) is 1. The molecule has 1 atom stereocenters. The first kappa shape index (κ1) is 17.9. The molecule has 0 aliphatic carbocycles. The summed E-state index contributed by atoms with van der Waals surface area (Å²) in [5, 5.41) is 14.4. The maximum atomic E-state index is 12.3. The van der Waals surface area contributed by atoms with E-state index in [2.05, 4.69) is 10.3 Å². The summed E-state index contributed by atoms with van der Waals surface area (Å²) in [6, 6.07) is 15.9. The van der Waals surface area contributed by atoms with E-state index in [-0.39, 0.29) is 18.7 Å². The molecule has 6 heteroatoms. The van der Waals surface area contributed by atoms with Gasteiger partial charge in [0, 0.05) is 12.6 Å². The number of pyridine rings is 1. The minimum atomic E-state index is -1.09. The molecule has 26 heavy (non-hydrogen) atoms. The molecule has 0 saturated heterocycles. The smallest absolute Gasteiger partial charge is 0.326 e. The molecule has 0 aliphatic rings. The summed E-state index contributed by atoms with van der Waals surface area (Å²) in [6.45, 7) is 0. The first-order valence-electron chi connectivity index (χ1n) is 8.11. The number of halogens is 1. The fraction of sp³-hybridized carbons (Fsp3) is 0.150. The van der Waals surface area contributed by atoms with Crippen LogP contribution in [0.25, 0.3) is 10.8 Å². The number of carbonyl (C=O) groups excluding carboxylic acids is 1. The zero-order valence-electron chi connectivity index (χ0n) is 13.9. The number of hydrogen-bond acceptors (Lipinski definition) is 3. The maximum absolute atomic E-state index is 12.3. The zero-order valence-corrected chi connectivity index (χ0v) is 14.6. The van der Waals surface area contributed by atoms with Gasteiger partial charge in [0.1, 0.15) is 11.2 Å². The quantitative estimate of drug-likeness (QED) is 0.654. The Hall–Kier alpha value is -2.92. The number of rotatable bonds is 6. The molecular weight excluding hydrogens is 352 g/mol. The molecule has 0 spiro atoms. The second-order valence-corrected chi connectivity index (χ2v) is 6.40. The lowest BCUT2D eigenvalue weighted by molar-refractivity contribution is -0.141. The number of benzene rings is 2. The van der Waals surface area contributed by atoms with Crippen molar-refractivity contribution in [2.75, 3.05) is 0 Å². The fourth-order valence-corrected chi connectivity index (χ4v) is 2.85. The number of nitrogens with zero attached hydrogens (tertiary/aromatic N) is 1. The minimum Gasteiger partial charge on any atom is -0.480 e. The molecule has 0 bridgehead atoms. The van der Waals surface area contributed by atoms with Gasteiger partial charge in [-0.3, -0.25) is 4.79 Å². The second-order valence-electron chi connectivity index (χ2n) is 6.01. The topological polar surface area (TPSA) is 79.3 Å². The SMILES string of the molecule is O=C(Cc1ccc2ccccc2c1)N[C@@H](Cc1ccc(Cl)nc1)C(=O)O. The van der Waals surface area contributed by atoms with E-state index >= 15 is 0 Å². The van der Waals surface area contributed by atoms with Crippen LogP contribution in [0.3, 0.4) is 0 Å². The van der Waals surface area contributed by atoms with E-state index in [0.717, 1.165) is 16.3 Å². The monoisotopic (exact) mass is 368 g/mol. The van der Waals surface area contributed by atoms with Gasteiger partial charge in [-0.05, 0) is 28.0 Å². The van der Waals surface area contributed by atoms with E-state index in [4.69, 9.17) is 11.6 Å². The van der Waals surface area contributed by atoms with Crippen molar-refractivity contribution in [2.45, 2.75) is 18.9 Å². The third kappa shape index (κ3) is 4.58. The number of carboxylic acids is 1. The molecule has 0 saturated carbocycles. The van der Waals surface area contributed by atoms with Crippen LogP contribution in [-0.4, -0.2) is 28.0 Å². The van der Waals surface area contributed by atoms with Crippen LogP contribution in [0.15, 0.2) is 60.8 Å². The van der Waals surface area contributed by atoms with Crippen LogP contribution in [0.2, 0.25) is 5.15 Å². The first-order valence-corrected chi connectivity index (χ1v) is 8.49. The molecule has 0 radical (unpaired) electrons. The second kappa shape index (κ2) is 7.97. The number of nitrogens with one attached hydrogen (secondary N) is 1. The highest BCUT2D eigenvalue weighted by atomic mass is 35.5. The third-order valence-electron chi connectivity index (χ3n) is 4.04. The fourth-order valence-electron chi connectivity index (χ4n) is 2.74. The first-order chi connectivity index (χ1) is 12.5. The maximum Gasteiger partial charge on any atom is 0.326 e. The lowest BCUT2D eigenvalue weighted by atomic mass is 10.0. The molecule has 0 aliphatic heterocycles. The summed E-state index contributed by atoms with van der Waals surface area (Å²) in [7, 11) is 0. The van der Waals surface area contributed by atoms with E-state index < -0.39 is 12.0 Å². The highest BCUT2D eigenvalue weighted by Crippen LogP contribution is 2.16. The molecule has 1 heterocycles. The van der Waals surface area contributed by atoms with Crippen LogP contribution in [0, 0.1) is 0 Å². The van der Waals surface area contributed by atoms with Crippen molar-refractivity contribution < 1.29 is 14.7 Å². The van der Waals surface area contributed by atoms with E-state index in [0.29, 0.717) is 10.7 Å². The summed E-state index contributed by atoms with van der Waals surface area (Å²) >= 11 is 5.73. The van der Waals surface area contributed by atoms with Crippen molar-refractivity contribution in [2.24, 2.45) is 0 Å². The summed E-state index contributed by atoms with van der Waals surface area (Å²) in [6.07, 6.45) is 1.77. The normalized spacial score (nSPS) is 11.9. The summed E-state index contributed by atoms with van der Waals surface area (Å²) in [5.41, 5.74) is 1.52. The van der Waals surface area contributed by atoms with Crippen LogP contribution in [0.4, 0.5) is 0 Å². The molecule has 0 unspecified atom stereocenters. The minimum absolute atomic E-state index is 0.119. The van der Waals surface area contributed by atoms with Crippen molar-refractivity contribution in [3.8, 4) is 0 Å². The molecule has 3 rings (SSSR count). The van der Waals surface area contributed by atoms with Gasteiger partial charge in [0.15, 0.2) is 0 Å². The molecule has 132 valence electrons. The van der Waals surface area contributed by atoms with Crippen LogP contribution < -0.4 is 5.32 Å². The van der Waals surface area contributed by atoms with Crippen LogP contribution in [0.1, 0.15) is 11.1 Å². The van der Waals surface area contributed by atoms with Gasteiger partial charge in [-0.1, -0.05) is 60.1 Å². The van der Waals surface area contributed by atoms with Crippen molar-refractivity contribution in [1.29, 1.82) is 0 Å². The molecule has 2 aromatic carbocycles. The highest BCUT2D eigenvalue weighted by molar-refractivity contribution is 6.29. The average Bonchev–Trinajstić information content (AvgIpc) is 2.62. The van der Waals surface area contributed by atoms with Crippen LogP contribution in [0.5, 0.6) is 0 Å². The molecule has 1 aromatic heterocycles. The van der Waals surface area contributed by atoms with Gasteiger partial charge >= 0.3 is 5.97 Å². The highest BCUT2D eigenvalue weighted by Gasteiger charge is 2.20. The molecular formula is C20H17ClN2O3. The van der Waals surface area contributed by atoms with Crippen molar-refractivity contribution >= 4 is 34.2 Å². The third-order valence-corrected chi connectivity index (χ3v) is 4.26. The number of aliphatic carboxylic acids is 1. The Labute approximate surface area is 155 Å². The van der Waals surface area contributed by atoms with E-state index in [1.807, 2.05) is 42.5 Å². The average molecular weight is 369 g/mol. The Balaban J connectivity index is 1.67. The van der Waals surface area contributed by atoms with Gasteiger partial charge in [-0.25, -0.2) is 9.78 Å². The Morgan fingerprint density at radius 2 is 1.77 bits per heavy atom. The standard InChI is InChI=1S/C20H17ClN2O3/c21-18-8-6-14(12-22-18)10-17(20(25)26)23-19(24)11-13-5-7-15-3-1-2-4-16(15)9-13/h1-9,12,17H,10-11H2,(H,23,24)(H,25,26)/t17-/m0/s1. The summed E-state index contributed by atoms with van der Waals surface area (Å²) < 4.78 is 0. The predicted octanol–water partition coefficient (Wildman–Crippen LogP) is 3.24. The Bertz CT molecular complexity index is 941. The van der Waals surface area contributed by atoms with Crippen LogP contribution >= 0.6 is 11.6 Å². The van der Waals surface area contributed by atoms with Crippen molar-refractivity contribution in [3.63, 3.8) is 0 Å². The van der Waals surface area contributed by atoms with Crippen molar-refractivity contribution in [1.82, 2.24) is 10.3 Å². The number of carbonyl (C=O) groups is 2. The Morgan fingerprint density at radius 1 is 1.04 bits per heavy atom. The number of fused-ring (bicyclic) bond motifs is 1. The van der Waals surface area contributed by atoms with Crippen LogP contribution in [-0.2, 0) is 22.4 Å². The van der Waals surface area contributed by atoms with Gasteiger partial charge in [0.05, 0.1) is 6.42 Å². The number of amides is 1. The lowest BCUT2D eigenvalue weighted by Crippen LogP contribution is -2.43. The number of aromatic nitrogens is 1. The Kier molecular flexibility index (Phi) is 5.49. The molecule has 1 amide bonds. The molecule has 3 aromatic rings. The summed E-state index contributed by atoms with van der Waals surface area (Å²) in [4.78, 5) is 27.7. The van der Waals surface area contributed by atoms with Gasteiger partial charge in [0.25, 0.3) is 0 Å². The summed E-state index contributed by atoms with van der Waals surface area (Å²) in [5.74, 6) is -1.43. The van der Waals surface area contributed by atoms with Crippen molar-refractivity contribution in [3.05, 3.63) is 77.1 Å². The molecule has 2 N–H and O–H groups in total. The predicted molar refractivity (Wildman–Crippen MR) is 100 cm³/mol.